The molecule has 0 bridgehead atoms. The quantitative estimate of drug-likeness (QED) is 0.304. The molecular formula is C33H25ClF2N2O5. The van der Waals surface area contributed by atoms with E-state index in [-0.39, 0.29) is 35.4 Å². The first kappa shape index (κ1) is 27.5. The molecule has 0 spiro atoms. The van der Waals surface area contributed by atoms with Crippen molar-refractivity contribution in [3.63, 3.8) is 0 Å². The number of halogens is 3. The molecule has 2 aliphatic carbocycles. The Hall–Kier alpha value is -4.37. The highest BCUT2D eigenvalue weighted by Crippen LogP contribution is 2.63. The zero-order valence-electron chi connectivity index (χ0n) is 22.8. The summed E-state index contributed by atoms with van der Waals surface area (Å²) in [5.41, 5.74) is 0.180. The van der Waals surface area contributed by atoms with Crippen molar-refractivity contribution >= 4 is 46.6 Å². The van der Waals surface area contributed by atoms with Gasteiger partial charge < -0.3 is 5.11 Å². The third-order valence-corrected chi connectivity index (χ3v) is 10.0. The highest BCUT2D eigenvalue weighted by Gasteiger charge is 2.67. The van der Waals surface area contributed by atoms with E-state index < -0.39 is 64.2 Å². The Kier molecular flexibility index (Phi) is 6.11. The molecule has 3 fully saturated rings. The van der Waals surface area contributed by atoms with E-state index in [9.17, 15) is 33.1 Å². The highest BCUT2D eigenvalue weighted by atomic mass is 35.5. The maximum atomic E-state index is 14.8. The number of benzene rings is 3. The van der Waals surface area contributed by atoms with Crippen LogP contribution in [0.15, 0.2) is 78.4 Å². The second kappa shape index (κ2) is 9.57. The van der Waals surface area contributed by atoms with Gasteiger partial charge in [-0.2, -0.15) is 0 Å². The fraction of sp³-hybridized carbons (Fsp3) is 0.273. The predicted octanol–water partition coefficient (Wildman–Crippen LogP) is 5.76. The Morgan fingerprint density at radius 1 is 0.837 bits per heavy atom. The molecule has 3 aromatic rings. The Morgan fingerprint density at radius 3 is 2.28 bits per heavy atom. The van der Waals surface area contributed by atoms with E-state index in [1.807, 2.05) is 6.08 Å². The number of allylic oxidation sites excluding steroid dienone is 2. The Labute approximate surface area is 250 Å². The number of anilines is 2. The predicted molar refractivity (Wildman–Crippen MR) is 153 cm³/mol. The Balaban J connectivity index is 1.38. The second-order valence-electron chi connectivity index (χ2n) is 11.8. The number of fused-ring (bicyclic) bond motifs is 4. The summed E-state index contributed by atoms with van der Waals surface area (Å²) in [6.07, 6.45) is 2.21. The fourth-order valence-electron chi connectivity index (χ4n) is 7.80. The van der Waals surface area contributed by atoms with E-state index >= 15 is 0 Å². The molecule has 2 aliphatic heterocycles. The van der Waals surface area contributed by atoms with Gasteiger partial charge in [0.05, 0.1) is 39.6 Å². The minimum Gasteiger partial charge on any atom is -0.505 e. The molecule has 2 heterocycles. The number of amides is 4. The molecule has 1 saturated carbocycles. The summed E-state index contributed by atoms with van der Waals surface area (Å²) in [6.45, 7) is 1.65. The van der Waals surface area contributed by atoms with Crippen LogP contribution in [-0.4, -0.2) is 28.7 Å². The van der Waals surface area contributed by atoms with Gasteiger partial charge in [0, 0.05) is 5.92 Å². The highest BCUT2D eigenvalue weighted by molar-refractivity contribution is 6.32. The maximum Gasteiger partial charge on any atom is 0.241 e. The summed E-state index contributed by atoms with van der Waals surface area (Å²) in [4.78, 5) is 58.2. The number of rotatable bonds is 3. The van der Waals surface area contributed by atoms with Crippen molar-refractivity contribution in [2.24, 2.45) is 29.1 Å². The summed E-state index contributed by atoms with van der Waals surface area (Å²) in [6, 6.07) is 16.1. The molecule has 3 aromatic carbocycles. The zero-order valence-corrected chi connectivity index (χ0v) is 23.6. The molecule has 0 radical (unpaired) electrons. The molecule has 1 N–H and O–H groups in total. The number of hydrogen-bond donors (Lipinski definition) is 1. The van der Waals surface area contributed by atoms with E-state index in [4.69, 9.17) is 11.6 Å². The molecule has 10 heteroatoms. The van der Waals surface area contributed by atoms with Gasteiger partial charge in [0.2, 0.25) is 23.6 Å². The summed E-state index contributed by atoms with van der Waals surface area (Å²) >= 11 is 6.01. The molecule has 7 rings (SSSR count). The lowest BCUT2D eigenvalue weighted by molar-refractivity contribution is -0.131. The van der Waals surface area contributed by atoms with Crippen LogP contribution in [-0.2, 0) is 19.2 Å². The number of para-hydroxylation sites is 1. The van der Waals surface area contributed by atoms with Crippen molar-refractivity contribution in [2.45, 2.75) is 25.7 Å². The molecule has 6 atom stereocenters. The van der Waals surface area contributed by atoms with Gasteiger partial charge in [0.1, 0.15) is 5.82 Å². The molecule has 7 nitrogen and oxygen atoms in total. The van der Waals surface area contributed by atoms with Gasteiger partial charge in [-0.15, -0.1) is 0 Å². The SMILES string of the molecule is C[C@@]12C(=O)N(c3ccc(F)c(Cl)c3)C(=O)[C@@H]1C[C@@H]1C(=CC[C@@H]3C(=O)N(c4ccccc4)C(=O)[C@@H]31)[C@@H]2c1ccc(O)c(F)c1. The van der Waals surface area contributed by atoms with Crippen molar-refractivity contribution in [3.05, 3.63) is 101 Å². The van der Waals surface area contributed by atoms with Crippen molar-refractivity contribution in [1.29, 1.82) is 0 Å². The molecule has 43 heavy (non-hydrogen) atoms. The average molecular weight is 603 g/mol. The first-order chi connectivity index (χ1) is 20.5. The summed E-state index contributed by atoms with van der Waals surface area (Å²) in [7, 11) is 0. The van der Waals surface area contributed by atoms with Crippen LogP contribution in [0.3, 0.4) is 0 Å². The van der Waals surface area contributed by atoms with Crippen LogP contribution in [0.4, 0.5) is 20.2 Å². The molecule has 218 valence electrons. The first-order valence-corrected chi connectivity index (χ1v) is 14.4. The Morgan fingerprint density at radius 2 is 1.58 bits per heavy atom. The van der Waals surface area contributed by atoms with Crippen molar-refractivity contribution in [2.75, 3.05) is 9.80 Å². The van der Waals surface area contributed by atoms with Gasteiger partial charge >= 0.3 is 0 Å². The number of hydrogen-bond acceptors (Lipinski definition) is 5. The second-order valence-corrected chi connectivity index (χ2v) is 12.2. The summed E-state index contributed by atoms with van der Waals surface area (Å²) in [5, 5.41) is 9.68. The van der Waals surface area contributed by atoms with Crippen LogP contribution < -0.4 is 9.80 Å². The van der Waals surface area contributed by atoms with Crippen LogP contribution in [0.5, 0.6) is 5.75 Å². The lowest BCUT2D eigenvalue weighted by Crippen LogP contribution is -2.48. The molecule has 4 aliphatic rings. The van der Waals surface area contributed by atoms with Crippen LogP contribution in [0.1, 0.15) is 31.2 Å². The number of nitrogens with zero attached hydrogens (tertiary/aromatic N) is 2. The molecular weight excluding hydrogens is 578 g/mol. The Bertz CT molecular complexity index is 1780. The topological polar surface area (TPSA) is 95.0 Å². The average Bonchev–Trinajstić information content (AvgIpc) is 3.36. The van der Waals surface area contributed by atoms with Gasteiger partial charge in [0.15, 0.2) is 11.6 Å². The fourth-order valence-corrected chi connectivity index (χ4v) is 7.97. The maximum absolute atomic E-state index is 14.8. The van der Waals surface area contributed by atoms with E-state index in [1.165, 1.54) is 29.2 Å². The number of carbonyl (C=O) groups is 4. The number of aromatic hydroxyl groups is 1. The monoisotopic (exact) mass is 602 g/mol. The van der Waals surface area contributed by atoms with Gasteiger partial charge in [0.25, 0.3) is 0 Å². The van der Waals surface area contributed by atoms with Crippen LogP contribution in [0.25, 0.3) is 0 Å². The largest absolute Gasteiger partial charge is 0.505 e. The molecule has 4 amide bonds. The third kappa shape index (κ3) is 3.77. The molecule has 0 aromatic heterocycles. The minimum absolute atomic E-state index is 0.102. The van der Waals surface area contributed by atoms with Crippen LogP contribution >= 0.6 is 11.6 Å². The number of imide groups is 2. The normalized spacial score (nSPS) is 29.9. The van der Waals surface area contributed by atoms with Gasteiger partial charge in [-0.05, 0) is 73.7 Å². The van der Waals surface area contributed by atoms with Crippen molar-refractivity contribution in [3.8, 4) is 5.75 Å². The number of phenolic OH excluding ortho intramolecular Hbond substituents is 1. The molecule has 2 saturated heterocycles. The van der Waals surface area contributed by atoms with Crippen molar-refractivity contribution < 1.29 is 33.1 Å². The number of carbonyl (C=O) groups excluding carboxylic acids is 4. The van der Waals surface area contributed by atoms with E-state index in [0.29, 0.717) is 16.8 Å². The first-order valence-electron chi connectivity index (χ1n) is 14.0. The lowest BCUT2D eigenvalue weighted by Gasteiger charge is -2.49. The standard InChI is InChI=1S/C33H25ClF2N2O5/c1-33-22(30(41)38(32(33)43)18-8-11-24(35)23(34)14-18)15-21-19(28(33)16-7-12-26(39)25(36)13-16)9-10-20-27(21)31(42)37(29(20)40)17-5-3-2-4-6-17/h2-9,11-14,20-22,27-28,39H,10,15H2,1H3/t20-,21+,22-,27-,28-,33+/m0/s1. The summed E-state index contributed by atoms with van der Waals surface area (Å²) < 4.78 is 28.8. The third-order valence-electron chi connectivity index (χ3n) is 9.76. The van der Waals surface area contributed by atoms with E-state index in [1.54, 1.807) is 37.3 Å². The molecule has 0 unspecified atom stereocenters. The van der Waals surface area contributed by atoms with Gasteiger partial charge in [-0.25, -0.2) is 13.7 Å². The lowest BCUT2D eigenvalue weighted by atomic mass is 9.51. The van der Waals surface area contributed by atoms with E-state index in [2.05, 4.69) is 0 Å². The van der Waals surface area contributed by atoms with Gasteiger partial charge in [-0.3, -0.25) is 24.1 Å². The number of phenols is 1. The smallest absolute Gasteiger partial charge is 0.241 e. The summed E-state index contributed by atoms with van der Waals surface area (Å²) in [5.74, 6) is -7.79. The minimum atomic E-state index is -1.42. The van der Waals surface area contributed by atoms with Gasteiger partial charge in [-0.1, -0.05) is 47.5 Å². The van der Waals surface area contributed by atoms with Crippen molar-refractivity contribution in [1.82, 2.24) is 0 Å². The zero-order chi connectivity index (χ0) is 30.4. The van der Waals surface area contributed by atoms with E-state index in [0.717, 1.165) is 17.0 Å². The van der Waals surface area contributed by atoms with Crippen LogP contribution in [0, 0.1) is 40.7 Å². The van der Waals surface area contributed by atoms with Crippen LogP contribution in [0.2, 0.25) is 5.02 Å².